The van der Waals surface area contributed by atoms with E-state index in [1.807, 2.05) is 36.1 Å². The van der Waals surface area contributed by atoms with Crippen molar-refractivity contribution in [1.29, 1.82) is 0 Å². The largest absolute Gasteiger partial charge is 0.460 e. The molecule has 1 amide bonds. The summed E-state index contributed by atoms with van der Waals surface area (Å²) in [6.07, 6.45) is 6.33. The van der Waals surface area contributed by atoms with E-state index in [1.165, 1.54) is 11.1 Å². The first-order valence-electron chi connectivity index (χ1n) is 12.5. The van der Waals surface area contributed by atoms with Crippen LogP contribution >= 0.6 is 0 Å². The maximum Gasteiger partial charge on any atom is 0.270 e. The number of amides is 1. The fourth-order valence-electron chi connectivity index (χ4n) is 4.87. The standard InChI is InChI=1S/C30H33N3O2/c1-24-22-27-29(35-24)23-28(33(27)17-9-15-26-12-6-3-7-13-26)30(34)32-20-18-31(19-21-32)16-8-14-25-10-4-2-5-11-25/h2-8,10-14,22-23H,9,15-21H2,1H3/b14-8+. The van der Waals surface area contributed by atoms with Crippen LogP contribution in [-0.2, 0) is 13.0 Å². The lowest BCUT2D eigenvalue weighted by Gasteiger charge is -2.34. The average Bonchev–Trinajstić information content (AvgIpc) is 3.42. The summed E-state index contributed by atoms with van der Waals surface area (Å²) in [6.45, 7) is 6.91. The third kappa shape index (κ3) is 5.57. The molecule has 1 saturated heterocycles. The van der Waals surface area contributed by atoms with Crippen molar-refractivity contribution in [3.63, 3.8) is 0 Å². The van der Waals surface area contributed by atoms with E-state index in [2.05, 4.69) is 70.1 Å². The number of carbonyl (C=O) groups is 1. The van der Waals surface area contributed by atoms with Crippen LogP contribution in [-0.4, -0.2) is 53.0 Å². The first-order valence-corrected chi connectivity index (χ1v) is 12.5. The number of rotatable bonds is 8. The van der Waals surface area contributed by atoms with Crippen LogP contribution in [0.1, 0.15) is 33.8 Å². The van der Waals surface area contributed by atoms with Crippen LogP contribution in [0, 0.1) is 6.92 Å². The van der Waals surface area contributed by atoms with Gasteiger partial charge in [-0.3, -0.25) is 9.69 Å². The van der Waals surface area contributed by atoms with Crippen molar-refractivity contribution in [2.75, 3.05) is 32.7 Å². The van der Waals surface area contributed by atoms with Crippen molar-refractivity contribution >= 4 is 23.1 Å². The van der Waals surface area contributed by atoms with E-state index in [9.17, 15) is 4.79 Å². The molecule has 0 atom stereocenters. The molecule has 0 saturated carbocycles. The summed E-state index contributed by atoms with van der Waals surface area (Å²) in [5.74, 6) is 0.983. The van der Waals surface area contributed by atoms with E-state index in [0.717, 1.165) is 74.7 Å². The number of aromatic nitrogens is 1. The topological polar surface area (TPSA) is 41.6 Å². The summed E-state index contributed by atoms with van der Waals surface area (Å²) in [6, 6.07) is 24.9. The molecule has 3 heterocycles. The van der Waals surface area contributed by atoms with Gasteiger partial charge in [0.2, 0.25) is 0 Å². The number of carbonyl (C=O) groups excluding carboxylic acids is 1. The lowest BCUT2D eigenvalue weighted by atomic mass is 10.1. The van der Waals surface area contributed by atoms with E-state index in [0.29, 0.717) is 0 Å². The van der Waals surface area contributed by atoms with Gasteiger partial charge in [0.05, 0.1) is 5.52 Å². The Balaban J connectivity index is 1.22. The number of furan rings is 1. The van der Waals surface area contributed by atoms with Crippen molar-refractivity contribution < 1.29 is 9.21 Å². The Bertz CT molecular complexity index is 1280. The van der Waals surface area contributed by atoms with Crippen LogP contribution in [0.2, 0.25) is 0 Å². The molecule has 0 bridgehead atoms. The molecule has 4 aromatic rings. The number of hydrogen-bond acceptors (Lipinski definition) is 3. The molecule has 0 radical (unpaired) electrons. The second-order valence-corrected chi connectivity index (χ2v) is 9.28. The number of piperazine rings is 1. The van der Waals surface area contributed by atoms with E-state index in [-0.39, 0.29) is 5.91 Å². The Morgan fingerprint density at radius 2 is 1.66 bits per heavy atom. The minimum absolute atomic E-state index is 0.105. The maximum absolute atomic E-state index is 13.5. The van der Waals surface area contributed by atoms with Crippen LogP contribution < -0.4 is 0 Å². The Kier molecular flexibility index (Phi) is 7.15. The molecule has 2 aromatic heterocycles. The molecule has 1 aliphatic heterocycles. The van der Waals surface area contributed by atoms with Gasteiger partial charge in [0, 0.05) is 51.4 Å². The van der Waals surface area contributed by atoms with Crippen LogP contribution in [0.4, 0.5) is 0 Å². The van der Waals surface area contributed by atoms with Crippen molar-refractivity contribution in [2.45, 2.75) is 26.3 Å². The number of benzene rings is 2. The molecule has 1 aliphatic rings. The van der Waals surface area contributed by atoms with E-state index in [1.54, 1.807) is 0 Å². The third-order valence-electron chi connectivity index (χ3n) is 6.75. The van der Waals surface area contributed by atoms with Crippen LogP contribution in [0.15, 0.2) is 83.3 Å². The van der Waals surface area contributed by atoms with Crippen molar-refractivity contribution in [3.8, 4) is 0 Å². The van der Waals surface area contributed by atoms with Gasteiger partial charge in [-0.15, -0.1) is 0 Å². The smallest absolute Gasteiger partial charge is 0.270 e. The first kappa shape index (κ1) is 23.2. The van der Waals surface area contributed by atoms with E-state index in [4.69, 9.17) is 4.42 Å². The van der Waals surface area contributed by atoms with Gasteiger partial charge < -0.3 is 13.9 Å². The SMILES string of the molecule is Cc1cc2c(cc(C(=O)N3CCN(C/C=C/c4ccccc4)CC3)n2CCCc2ccccc2)o1. The number of fused-ring (bicyclic) bond motifs is 1. The highest BCUT2D eigenvalue weighted by Gasteiger charge is 2.26. The summed E-state index contributed by atoms with van der Waals surface area (Å²) >= 11 is 0. The minimum Gasteiger partial charge on any atom is -0.460 e. The van der Waals surface area contributed by atoms with Gasteiger partial charge in [-0.25, -0.2) is 0 Å². The Labute approximate surface area is 207 Å². The zero-order valence-electron chi connectivity index (χ0n) is 20.4. The molecule has 0 spiro atoms. The summed E-state index contributed by atoms with van der Waals surface area (Å²) in [7, 11) is 0. The highest BCUT2D eigenvalue weighted by atomic mass is 16.3. The van der Waals surface area contributed by atoms with Gasteiger partial charge in [0.1, 0.15) is 11.5 Å². The van der Waals surface area contributed by atoms with Gasteiger partial charge in [0.25, 0.3) is 5.91 Å². The highest BCUT2D eigenvalue weighted by molar-refractivity contribution is 5.97. The fraction of sp³-hybridized carbons (Fsp3) is 0.300. The zero-order valence-corrected chi connectivity index (χ0v) is 20.4. The second-order valence-electron chi connectivity index (χ2n) is 9.28. The fourth-order valence-corrected chi connectivity index (χ4v) is 4.87. The number of nitrogens with zero attached hydrogens (tertiary/aromatic N) is 3. The lowest BCUT2D eigenvalue weighted by Crippen LogP contribution is -2.49. The first-order chi connectivity index (χ1) is 17.2. The number of aryl methyl sites for hydroxylation is 3. The predicted molar refractivity (Wildman–Crippen MR) is 142 cm³/mol. The molecule has 1 fully saturated rings. The van der Waals surface area contributed by atoms with Gasteiger partial charge in [-0.2, -0.15) is 0 Å². The van der Waals surface area contributed by atoms with Crippen LogP contribution in [0.5, 0.6) is 0 Å². The molecule has 0 N–H and O–H groups in total. The second kappa shape index (κ2) is 10.8. The summed E-state index contributed by atoms with van der Waals surface area (Å²) in [5.41, 5.74) is 5.10. The molecule has 0 aliphatic carbocycles. The van der Waals surface area contributed by atoms with Crippen molar-refractivity contribution in [1.82, 2.24) is 14.4 Å². The highest BCUT2D eigenvalue weighted by Crippen LogP contribution is 2.26. The minimum atomic E-state index is 0.105. The molecule has 5 heteroatoms. The van der Waals surface area contributed by atoms with Crippen molar-refractivity contribution in [3.05, 3.63) is 101 Å². The average molecular weight is 468 g/mol. The molecule has 5 rings (SSSR count). The Hall–Kier alpha value is -3.57. The van der Waals surface area contributed by atoms with Gasteiger partial charge >= 0.3 is 0 Å². The quantitative estimate of drug-likeness (QED) is 0.336. The molecule has 35 heavy (non-hydrogen) atoms. The van der Waals surface area contributed by atoms with E-state index >= 15 is 0 Å². The summed E-state index contributed by atoms with van der Waals surface area (Å²) in [4.78, 5) is 17.9. The summed E-state index contributed by atoms with van der Waals surface area (Å²) < 4.78 is 8.04. The van der Waals surface area contributed by atoms with Crippen LogP contribution in [0.25, 0.3) is 17.2 Å². The Morgan fingerprint density at radius 3 is 2.40 bits per heavy atom. The molecule has 2 aromatic carbocycles. The number of hydrogen-bond donors (Lipinski definition) is 0. The maximum atomic E-state index is 13.5. The lowest BCUT2D eigenvalue weighted by molar-refractivity contribution is 0.0640. The monoisotopic (exact) mass is 467 g/mol. The Morgan fingerprint density at radius 1 is 0.943 bits per heavy atom. The van der Waals surface area contributed by atoms with Gasteiger partial charge in [-0.1, -0.05) is 72.8 Å². The molecule has 180 valence electrons. The van der Waals surface area contributed by atoms with E-state index < -0.39 is 0 Å². The normalized spacial score (nSPS) is 14.8. The molecule has 5 nitrogen and oxygen atoms in total. The van der Waals surface area contributed by atoms with Crippen molar-refractivity contribution in [2.24, 2.45) is 0 Å². The van der Waals surface area contributed by atoms with Crippen LogP contribution in [0.3, 0.4) is 0 Å². The third-order valence-corrected chi connectivity index (χ3v) is 6.75. The predicted octanol–water partition coefficient (Wildman–Crippen LogP) is 5.65. The molecular formula is C30H33N3O2. The van der Waals surface area contributed by atoms with Gasteiger partial charge in [0.15, 0.2) is 5.58 Å². The zero-order chi connectivity index (χ0) is 24.0. The molecule has 0 unspecified atom stereocenters. The summed E-state index contributed by atoms with van der Waals surface area (Å²) in [5, 5.41) is 0. The molecular weight excluding hydrogens is 434 g/mol. The van der Waals surface area contributed by atoms with Gasteiger partial charge in [-0.05, 0) is 30.9 Å².